The van der Waals surface area contributed by atoms with Crippen LogP contribution in [0.3, 0.4) is 0 Å². The van der Waals surface area contributed by atoms with Crippen LogP contribution in [-0.2, 0) is 6.54 Å². The summed E-state index contributed by atoms with van der Waals surface area (Å²) in [6, 6.07) is 20.8. The third-order valence-corrected chi connectivity index (χ3v) is 6.76. The van der Waals surface area contributed by atoms with Gasteiger partial charge in [0.1, 0.15) is 11.3 Å². The molecule has 6 heteroatoms. The number of hydrogen-bond donors (Lipinski definition) is 4. The van der Waals surface area contributed by atoms with Crippen molar-refractivity contribution in [3.05, 3.63) is 77.6 Å². The summed E-state index contributed by atoms with van der Waals surface area (Å²) in [5.41, 5.74) is 6.76. The zero-order chi connectivity index (χ0) is 23.7. The van der Waals surface area contributed by atoms with Crippen LogP contribution in [0.5, 0.6) is 0 Å². The highest BCUT2D eigenvalue weighted by Crippen LogP contribution is 2.30. The SMILES string of the molecule is Cc1nc2c(C(=O)O)cc(-c3ccc(-c4ccccc4CNC4CCC(O)CC4)cc3)cc2[nH]1. The summed E-state index contributed by atoms with van der Waals surface area (Å²) in [5.74, 6) is -0.288. The fraction of sp³-hybridized carbons (Fsp3) is 0.286. The first-order chi connectivity index (χ1) is 16.5. The largest absolute Gasteiger partial charge is 0.478 e. The Labute approximate surface area is 198 Å². The van der Waals surface area contributed by atoms with Crippen molar-refractivity contribution in [2.45, 2.75) is 51.3 Å². The number of aromatic nitrogens is 2. The lowest BCUT2D eigenvalue weighted by Gasteiger charge is -2.26. The summed E-state index contributed by atoms with van der Waals surface area (Å²) < 4.78 is 0. The summed E-state index contributed by atoms with van der Waals surface area (Å²) >= 11 is 0. The Morgan fingerprint density at radius 2 is 1.71 bits per heavy atom. The van der Waals surface area contributed by atoms with Gasteiger partial charge in [0.05, 0.1) is 17.2 Å². The Hall–Kier alpha value is -3.48. The molecule has 4 N–H and O–H groups in total. The van der Waals surface area contributed by atoms with Crippen LogP contribution in [-0.4, -0.2) is 38.3 Å². The number of fused-ring (bicyclic) bond motifs is 1. The number of carbonyl (C=O) groups is 1. The van der Waals surface area contributed by atoms with Crippen LogP contribution in [0.4, 0.5) is 0 Å². The summed E-state index contributed by atoms with van der Waals surface area (Å²) in [5, 5.41) is 23.1. The zero-order valence-electron chi connectivity index (χ0n) is 19.2. The van der Waals surface area contributed by atoms with E-state index >= 15 is 0 Å². The summed E-state index contributed by atoms with van der Waals surface area (Å²) in [6.45, 7) is 2.61. The van der Waals surface area contributed by atoms with Gasteiger partial charge in [-0.2, -0.15) is 0 Å². The lowest BCUT2D eigenvalue weighted by atomic mass is 9.92. The maximum Gasteiger partial charge on any atom is 0.337 e. The van der Waals surface area contributed by atoms with E-state index in [9.17, 15) is 15.0 Å². The van der Waals surface area contributed by atoms with E-state index in [0.29, 0.717) is 17.4 Å². The van der Waals surface area contributed by atoms with E-state index in [1.54, 1.807) is 6.07 Å². The highest BCUT2D eigenvalue weighted by Gasteiger charge is 2.19. The Morgan fingerprint density at radius 1 is 1.00 bits per heavy atom. The van der Waals surface area contributed by atoms with E-state index in [2.05, 4.69) is 51.7 Å². The zero-order valence-corrected chi connectivity index (χ0v) is 19.2. The number of aryl methyl sites for hydroxylation is 1. The first-order valence-corrected chi connectivity index (χ1v) is 11.8. The molecular weight excluding hydrogens is 426 g/mol. The van der Waals surface area contributed by atoms with Gasteiger partial charge in [-0.15, -0.1) is 0 Å². The molecule has 0 aliphatic heterocycles. The molecule has 0 amide bonds. The number of hydrogen-bond acceptors (Lipinski definition) is 4. The van der Waals surface area contributed by atoms with Crippen LogP contribution in [0.2, 0.25) is 0 Å². The van der Waals surface area contributed by atoms with E-state index in [1.807, 2.05) is 25.1 Å². The Balaban J connectivity index is 1.39. The van der Waals surface area contributed by atoms with Gasteiger partial charge in [-0.1, -0.05) is 48.5 Å². The number of nitrogens with one attached hydrogen (secondary N) is 2. The molecule has 1 aromatic heterocycles. The summed E-state index contributed by atoms with van der Waals surface area (Å²) in [7, 11) is 0. The molecule has 1 aliphatic carbocycles. The van der Waals surface area contributed by atoms with Crippen LogP contribution >= 0.6 is 0 Å². The molecule has 3 aromatic carbocycles. The normalized spacial score (nSPS) is 18.3. The topological polar surface area (TPSA) is 98.2 Å². The third kappa shape index (κ3) is 4.60. The van der Waals surface area contributed by atoms with Crippen molar-refractivity contribution in [3.8, 4) is 22.3 Å². The predicted molar refractivity (Wildman–Crippen MR) is 134 cm³/mol. The standard InChI is InChI=1S/C28H29N3O3/c1-17-30-26-15-21(14-25(28(33)34)27(26)31-17)18-6-8-19(9-7-18)24-5-3-2-4-20(24)16-29-22-10-12-23(32)13-11-22/h2-9,14-15,22-23,29,32H,10-13,16H2,1H3,(H,30,31)(H,33,34). The molecule has 1 heterocycles. The van der Waals surface area contributed by atoms with Crippen LogP contribution in [0.1, 0.15) is 47.4 Å². The average molecular weight is 456 g/mol. The quantitative estimate of drug-likeness (QED) is 0.316. The van der Waals surface area contributed by atoms with E-state index in [1.165, 1.54) is 11.1 Å². The van der Waals surface area contributed by atoms with Gasteiger partial charge in [-0.05, 0) is 72.6 Å². The number of rotatable bonds is 6. The summed E-state index contributed by atoms with van der Waals surface area (Å²) in [4.78, 5) is 19.3. The van der Waals surface area contributed by atoms with E-state index < -0.39 is 5.97 Å². The Bertz CT molecular complexity index is 1320. The van der Waals surface area contributed by atoms with Crippen LogP contribution in [0.15, 0.2) is 60.7 Å². The number of carboxylic acid groups (broad SMARTS) is 1. The molecule has 1 saturated carbocycles. The average Bonchev–Trinajstić information content (AvgIpc) is 3.23. The number of nitrogens with zero attached hydrogens (tertiary/aromatic N) is 1. The van der Waals surface area contributed by atoms with Crippen LogP contribution in [0, 0.1) is 6.92 Å². The number of aromatic carboxylic acids is 1. The van der Waals surface area contributed by atoms with Gasteiger partial charge >= 0.3 is 5.97 Å². The van der Waals surface area contributed by atoms with Gasteiger partial charge in [0.2, 0.25) is 0 Å². The number of imidazole rings is 1. The van der Waals surface area contributed by atoms with Crippen LogP contribution < -0.4 is 5.32 Å². The first kappa shape index (κ1) is 22.3. The van der Waals surface area contributed by atoms with Crippen molar-refractivity contribution in [2.24, 2.45) is 0 Å². The van der Waals surface area contributed by atoms with E-state index in [4.69, 9.17) is 0 Å². The minimum Gasteiger partial charge on any atom is -0.478 e. The molecule has 0 saturated heterocycles. The maximum absolute atomic E-state index is 11.8. The Kier molecular flexibility index (Phi) is 6.18. The predicted octanol–water partition coefficient (Wildman–Crippen LogP) is 5.30. The maximum atomic E-state index is 11.8. The highest BCUT2D eigenvalue weighted by atomic mass is 16.4. The van der Waals surface area contributed by atoms with Crippen molar-refractivity contribution in [3.63, 3.8) is 0 Å². The minimum atomic E-state index is -0.983. The van der Waals surface area contributed by atoms with Gasteiger partial charge in [0.15, 0.2) is 0 Å². The molecule has 1 fully saturated rings. The van der Waals surface area contributed by atoms with Gasteiger partial charge in [0.25, 0.3) is 0 Å². The highest BCUT2D eigenvalue weighted by molar-refractivity contribution is 6.03. The van der Waals surface area contributed by atoms with Crippen molar-refractivity contribution >= 4 is 17.0 Å². The second kappa shape index (κ2) is 9.41. The molecule has 5 rings (SSSR count). The lowest BCUT2D eigenvalue weighted by molar-refractivity contribution is 0.0699. The lowest BCUT2D eigenvalue weighted by Crippen LogP contribution is -2.34. The van der Waals surface area contributed by atoms with Crippen molar-refractivity contribution in [1.82, 2.24) is 15.3 Å². The van der Waals surface area contributed by atoms with Crippen molar-refractivity contribution in [1.29, 1.82) is 0 Å². The van der Waals surface area contributed by atoms with Gasteiger partial charge in [-0.3, -0.25) is 0 Å². The first-order valence-electron chi connectivity index (χ1n) is 11.8. The molecular formula is C28H29N3O3. The molecule has 34 heavy (non-hydrogen) atoms. The van der Waals surface area contributed by atoms with E-state index in [0.717, 1.165) is 54.4 Å². The molecule has 0 unspecified atom stereocenters. The summed E-state index contributed by atoms with van der Waals surface area (Å²) in [6.07, 6.45) is 3.61. The van der Waals surface area contributed by atoms with Gasteiger partial charge in [0, 0.05) is 12.6 Å². The fourth-order valence-corrected chi connectivity index (χ4v) is 4.90. The molecule has 0 spiro atoms. The van der Waals surface area contributed by atoms with Crippen molar-refractivity contribution < 1.29 is 15.0 Å². The molecule has 4 aromatic rings. The number of H-pyrrole nitrogens is 1. The molecule has 0 atom stereocenters. The number of aromatic amines is 1. The molecule has 1 aliphatic rings. The second-order valence-corrected chi connectivity index (χ2v) is 9.17. The van der Waals surface area contributed by atoms with Gasteiger partial charge in [-0.25, -0.2) is 9.78 Å². The van der Waals surface area contributed by atoms with Crippen LogP contribution in [0.25, 0.3) is 33.3 Å². The number of carboxylic acids is 1. The monoisotopic (exact) mass is 455 g/mol. The smallest absolute Gasteiger partial charge is 0.337 e. The van der Waals surface area contributed by atoms with Crippen molar-refractivity contribution in [2.75, 3.05) is 0 Å². The minimum absolute atomic E-state index is 0.145. The Morgan fingerprint density at radius 3 is 2.44 bits per heavy atom. The molecule has 0 bridgehead atoms. The number of aliphatic hydroxyl groups excluding tert-OH is 1. The second-order valence-electron chi connectivity index (χ2n) is 9.17. The third-order valence-electron chi connectivity index (χ3n) is 6.76. The number of aliphatic hydroxyl groups is 1. The fourth-order valence-electron chi connectivity index (χ4n) is 4.90. The molecule has 6 nitrogen and oxygen atoms in total. The molecule has 0 radical (unpaired) electrons. The van der Waals surface area contributed by atoms with Gasteiger partial charge < -0.3 is 20.5 Å². The van der Waals surface area contributed by atoms with E-state index in [-0.39, 0.29) is 11.7 Å². The number of benzene rings is 3. The molecule has 174 valence electrons.